The first-order chi connectivity index (χ1) is 16.2. The fraction of sp³-hybridized carbons (Fsp3) is 0.259. The Balaban J connectivity index is 1.36. The lowest BCUT2D eigenvalue weighted by Crippen LogP contribution is -2.47. The van der Waals surface area contributed by atoms with Gasteiger partial charge in [-0.2, -0.15) is 4.98 Å². The molecule has 168 valence electrons. The molecule has 5 rings (SSSR count). The molecule has 1 aliphatic rings. The number of hydrogen-bond acceptors (Lipinski definition) is 6. The van der Waals surface area contributed by atoms with Gasteiger partial charge < -0.3 is 19.9 Å². The van der Waals surface area contributed by atoms with Gasteiger partial charge in [0.05, 0.1) is 12.6 Å². The van der Waals surface area contributed by atoms with Gasteiger partial charge in [-0.15, -0.1) is 0 Å². The van der Waals surface area contributed by atoms with Gasteiger partial charge in [-0.3, -0.25) is 0 Å². The Morgan fingerprint density at radius 1 is 0.788 bits per heavy atom. The molecule has 0 saturated carbocycles. The van der Waals surface area contributed by atoms with Gasteiger partial charge in [0.1, 0.15) is 11.6 Å². The number of nitrogens with one attached hydrogen (secondary N) is 1. The first-order valence-electron chi connectivity index (χ1n) is 11.4. The van der Waals surface area contributed by atoms with Gasteiger partial charge in [0.15, 0.2) is 0 Å². The van der Waals surface area contributed by atoms with Gasteiger partial charge in [-0.1, -0.05) is 42.5 Å². The number of methoxy groups -OCH3 is 1. The molecule has 0 radical (unpaired) electrons. The number of para-hydroxylation sites is 1. The number of ether oxygens (including phenoxy) is 1. The average molecular weight is 440 g/mol. The van der Waals surface area contributed by atoms with Crippen LogP contribution in [0.1, 0.15) is 18.5 Å². The number of piperazine rings is 1. The summed E-state index contributed by atoms with van der Waals surface area (Å²) in [5, 5.41) is 4.67. The van der Waals surface area contributed by atoms with Crippen LogP contribution in [0.25, 0.3) is 10.9 Å². The number of aromatic nitrogens is 2. The molecule has 6 nitrogen and oxygen atoms in total. The summed E-state index contributed by atoms with van der Waals surface area (Å²) < 4.78 is 5.28. The largest absolute Gasteiger partial charge is 0.497 e. The van der Waals surface area contributed by atoms with E-state index in [-0.39, 0.29) is 6.04 Å². The molecule has 6 heteroatoms. The van der Waals surface area contributed by atoms with E-state index < -0.39 is 0 Å². The minimum atomic E-state index is 0.143. The topological polar surface area (TPSA) is 53.5 Å². The molecule has 1 aliphatic heterocycles. The lowest BCUT2D eigenvalue weighted by molar-refractivity contribution is 0.415. The Hall–Kier alpha value is -3.80. The van der Waals surface area contributed by atoms with Crippen LogP contribution in [0.2, 0.25) is 0 Å². The maximum Gasteiger partial charge on any atom is 0.228 e. The maximum atomic E-state index is 5.28. The number of hydrogen-bond donors (Lipinski definition) is 1. The highest BCUT2D eigenvalue weighted by atomic mass is 16.5. The smallest absolute Gasteiger partial charge is 0.228 e. The standard InChI is InChI=1S/C27H29N5O/c1-20(21-8-4-3-5-9-21)28-26-24-10-6-7-11-25(24)29-27(30-26)32-18-16-31(17-19-32)22-12-14-23(33-2)15-13-22/h3-15,20H,16-19H2,1-2H3,(H,28,29,30). The number of fused-ring (bicyclic) bond motifs is 1. The number of anilines is 3. The Labute approximate surface area is 194 Å². The van der Waals surface area contributed by atoms with Crippen molar-refractivity contribution in [3.8, 4) is 5.75 Å². The molecule has 0 spiro atoms. The number of nitrogens with zero attached hydrogens (tertiary/aromatic N) is 4. The van der Waals surface area contributed by atoms with Crippen molar-refractivity contribution >= 4 is 28.4 Å². The van der Waals surface area contributed by atoms with Crippen molar-refractivity contribution in [2.24, 2.45) is 0 Å². The summed E-state index contributed by atoms with van der Waals surface area (Å²) in [7, 11) is 1.70. The highest BCUT2D eigenvalue weighted by Gasteiger charge is 2.21. The molecule has 1 N–H and O–H groups in total. The van der Waals surface area contributed by atoms with E-state index in [0.29, 0.717) is 0 Å². The van der Waals surface area contributed by atoms with E-state index >= 15 is 0 Å². The van der Waals surface area contributed by atoms with E-state index in [1.54, 1.807) is 7.11 Å². The van der Waals surface area contributed by atoms with Crippen LogP contribution in [0.15, 0.2) is 78.9 Å². The van der Waals surface area contributed by atoms with E-state index in [4.69, 9.17) is 14.7 Å². The summed E-state index contributed by atoms with van der Waals surface area (Å²) in [6.45, 7) is 5.76. The molecule has 4 aromatic rings. The van der Waals surface area contributed by atoms with Crippen molar-refractivity contribution in [3.63, 3.8) is 0 Å². The predicted molar refractivity (Wildman–Crippen MR) is 135 cm³/mol. The highest BCUT2D eigenvalue weighted by molar-refractivity contribution is 5.90. The Morgan fingerprint density at radius 2 is 1.45 bits per heavy atom. The van der Waals surface area contributed by atoms with Crippen LogP contribution < -0.4 is 19.9 Å². The Kier molecular flexibility index (Phi) is 5.98. The van der Waals surface area contributed by atoms with E-state index in [1.807, 2.05) is 30.3 Å². The highest BCUT2D eigenvalue weighted by Crippen LogP contribution is 2.28. The Morgan fingerprint density at radius 3 is 2.18 bits per heavy atom. The summed E-state index contributed by atoms with van der Waals surface area (Å²) in [5.41, 5.74) is 3.41. The van der Waals surface area contributed by atoms with Gasteiger partial charge >= 0.3 is 0 Å². The molecule has 3 aromatic carbocycles. The van der Waals surface area contributed by atoms with Crippen molar-refractivity contribution in [1.29, 1.82) is 0 Å². The molecule has 1 fully saturated rings. The minimum absolute atomic E-state index is 0.143. The zero-order valence-corrected chi connectivity index (χ0v) is 19.1. The summed E-state index contributed by atoms with van der Waals surface area (Å²) in [5.74, 6) is 2.54. The van der Waals surface area contributed by atoms with Crippen LogP contribution >= 0.6 is 0 Å². The fourth-order valence-corrected chi connectivity index (χ4v) is 4.30. The molecule has 0 aliphatic carbocycles. The fourth-order valence-electron chi connectivity index (χ4n) is 4.30. The zero-order valence-electron chi connectivity index (χ0n) is 19.1. The molecule has 33 heavy (non-hydrogen) atoms. The number of benzene rings is 3. The van der Waals surface area contributed by atoms with Crippen LogP contribution in [-0.4, -0.2) is 43.3 Å². The minimum Gasteiger partial charge on any atom is -0.497 e. The van der Waals surface area contributed by atoms with Crippen LogP contribution in [0.5, 0.6) is 5.75 Å². The van der Waals surface area contributed by atoms with E-state index in [0.717, 1.165) is 54.6 Å². The van der Waals surface area contributed by atoms with Crippen LogP contribution in [0, 0.1) is 0 Å². The first-order valence-corrected chi connectivity index (χ1v) is 11.4. The van der Waals surface area contributed by atoms with Crippen LogP contribution in [-0.2, 0) is 0 Å². The lowest BCUT2D eigenvalue weighted by Gasteiger charge is -2.36. The van der Waals surface area contributed by atoms with Gasteiger partial charge in [0, 0.05) is 43.3 Å². The summed E-state index contributed by atoms with van der Waals surface area (Å²) in [6, 6.07) is 27.1. The second-order valence-electron chi connectivity index (χ2n) is 8.34. The van der Waals surface area contributed by atoms with Crippen molar-refractivity contribution < 1.29 is 4.74 Å². The summed E-state index contributed by atoms with van der Waals surface area (Å²) >= 11 is 0. The molecule has 1 atom stereocenters. The van der Waals surface area contributed by atoms with Gasteiger partial charge in [0.2, 0.25) is 5.95 Å². The second kappa shape index (κ2) is 9.36. The number of rotatable bonds is 6. The van der Waals surface area contributed by atoms with E-state index in [1.165, 1.54) is 11.3 Å². The molecular formula is C27H29N5O. The van der Waals surface area contributed by atoms with E-state index in [2.05, 4.69) is 70.6 Å². The summed E-state index contributed by atoms with van der Waals surface area (Å²) in [4.78, 5) is 14.6. The van der Waals surface area contributed by atoms with Gasteiger partial charge in [-0.25, -0.2) is 4.98 Å². The first kappa shape index (κ1) is 21.1. The molecular weight excluding hydrogens is 410 g/mol. The van der Waals surface area contributed by atoms with Gasteiger partial charge in [0.25, 0.3) is 0 Å². The van der Waals surface area contributed by atoms with Crippen molar-refractivity contribution in [3.05, 3.63) is 84.4 Å². The summed E-state index contributed by atoms with van der Waals surface area (Å²) in [6.07, 6.45) is 0. The molecule has 1 unspecified atom stereocenters. The predicted octanol–water partition coefficient (Wildman–Crippen LogP) is 5.14. The molecule has 1 aromatic heterocycles. The van der Waals surface area contributed by atoms with E-state index in [9.17, 15) is 0 Å². The van der Waals surface area contributed by atoms with Crippen molar-refractivity contribution in [2.75, 3.05) is 48.4 Å². The van der Waals surface area contributed by atoms with Gasteiger partial charge in [-0.05, 0) is 48.9 Å². The zero-order chi connectivity index (χ0) is 22.6. The third kappa shape index (κ3) is 4.55. The lowest BCUT2D eigenvalue weighted by atomic mass is 10.1. The van der Waals surface area contributed by atoms with Crippen molar-refractivity contribution in [1.82, 2.24) is 9.97 Å². The third-order valence-corrected chi connectivity index (χ3v) is 6.24. The third-order valence-electron chi connectivity index (χ3n) is 6.24. The molecule has 0 amide bonds. The quantitative estimate of drug-likeness (QED) is 0.449. The molecule has 0 bridgehead atoms. The van der Waals surface area contributed by atoms with Crippen molar-refractivity contribution in [2.45, 2.75) is 13.0 Å². The monoisotopic (exact) mass is 439 g/mol. The average Bonchev–Trinajstić information content (AvgIpc) is 2.89. The normalized spacial score (nSPS) is 14.8. The molecule has 1 saturated heterocycles. The molecule has 2 heterocycles. The van der Waals surface area contributed by atoms with Crippen LogP contribution in [0.3, 0.4) is 0 Å². The maximum absolute atomic E-state index is 5.28. The van der Waals surface area contributed by atoms with Crippen LogP contribution in [0.4, 0.5) is 17.5 Å². The SMILES string of the molecule is COc1ccc(N2CCN(c3nc(NC(C)c4ccccc4)c4ccccc4n3)CC2)cc1. The second-order valence-corrected chi connectivity index (χ2v) is 8.34. The Bertz CT molecular complexity index is 1200.